The first-order valence-corrected chi connectivity index (χ1v) is 7.48. The molecule has 0 radical (unpaired) electrons. The summed E-state index contributed by atoms with van der Waals surface area (Å²) in [4.78, 5) is 12.6. The van der Waals surface area contributed by atoms with Crippen molar-refractivity contribution in [2.45, 2.75) is 59.4 Å². The largest absolute Gasteiger partial charge is 0.330 e. The fourth-order valence-electron chi connectivity index (χ4n) is 2.84. The molecule has 19 heavy (non-hydrogen) atoms. The lowest BCUT2D eigenvalue weighted by Gasteiger charge is -2.22. The molecule has 1 fully saturated rings. The van der Waals surface area contributed by atoms with Crippen molar-refractivity contribution < 1.29 is 4.79 Å². The van der Waals surface area contributed by atoms with Gasteiger partial charge in [0.15, 0.2) is 0 Å². The van der Waals surface area contributed by atoms with E-state index in [1.54, 1.807) is 5.01 Å². The van der Waals surface area contributed by atoms with E-state index < -0.39 is 0 Å². The normalized spacial score (nSPS) is 25.7. The molecule has 4 heteroatoms. The average molecular weight is 265 g/mol. The van der Waals surface area contributed by atoms with Gasteiger partial charge < -0.3 is 5.73 Å². The van der Waals surface area contributed by atoms with Crippen LogP contribution < -0.4 is 5.73 Å². The summed E-state index contributed by atoms with van der Waals surface area (Å²) >= 11 is 0. The molecule has 1 saturated carbocycles. The van der Waals surface area contributed by atoms with E-state index >= 15 is 0 Å². The van der Waals surface area contributed by atoms with Crippen LogP contribution in [0.2, 0.25) is 0 Å². The molecule has 0 saturated heterocycles. The Kier molecular flexibility index (Phi) is 4.00. The van der Waals surface area contributed by atoms with E-state index in [1.165, 1.54) is 12.8 Å². The van der Waals surface area contributed by atoms with Gasteiger partial charge in [-0.25, -0.2) is 5.01 Å². The van der Waals surface area contributed by atoms with Gasteiger partial charge in [0.05, 0.1) is 17.7 Å². The minimum atomic E-state index is -0.0512. The summed E-state index contributed by atoms with van der Waals surface area (Å²) in [6, 6.07) is 0.257. The summed E-state index contributed by atoms with van der Waals surface area (Å²) in [7, 11) is 0. The first-order valence-electron chi connectivity index (χ1n) is 7.48. The molecule has 0 aromatic rings. The molecule has 108 valence electrons. The summed E-state index contributed by atoms with van der Waals surface area (Å²) in [5, 5.41) is 6.46. The Bertz CT molecular complexity index is 379. The second-order valence-electron chi connectivity index (χ2n) is 6.98. The molecular formula is C15H27N3O. The van der Waals surface area contributed by atoms with Crippen LogP contribution in [0, 0.1) is 17.3 Å². The van der Waals surface area contributed by atoms with Crippen LogP contribution in [-0.4, -0.2) is 29.2 Å². The Hall–Kier alpha value is -0.900. The molecule has 0 aromatic heterocycles. The number of amides is 1. The van der Waals surface area contributed by atoms with Gasteiger partial charge in [-0.1, -0.05) is 20.8 Å². The van der Waals surface area contributed by atoms with Gasteiger partial charge in [0, 0.05) is 5.41 Å². The number of carbonyl (C=O) groups is 1. The molecule has 0 aromatic carbocycles. The Morgan fingerprint density at radius 3 is 2.53 bits per heavy atom. The van der Waals surface area contributed by atoms with Gasteiger partial charge in [-0.2, -0.15) is 5.10 Å². The Morgan fingerprint density at radius 1 is 1.42 bits per heavy atom. The molecule has 2 rings (SSSR count). The molecule has 2 aliphatic rings. The average Bonchev–Trinajstić information content (AvgIpc) is 3.10. The van der Waals surface area contributed by atoms with E-state index in [0.29, 0.717) is 12.5 Å². The predicted octanol–water partition coefficient (Wildman–Crippen LogP) is 2.38. The third kappa shape index (κ3) is 2.99. The lowest BCUT2D eigenvalue weighted by Crippen LogP contribution is -2.36. The van der Waals surface area contributed by atoms with Gasteiger partial charge in [-0.3, -0.25) is 4.79 Å². The third-order valence-corrected chi connectivity index (χ3v) is 4.22. The summed E-state index contributed by atoms with van der Waals surface area (Å²) < 4.78 is 0. The molecule has 1 aliphatic heterocycles. The van der Waals surface area contributed by atoms with Crippen molar-refractivity contribution in [1.82, 2.24) is 5.01 Å². The highest BCUT2D eigenvalue weighted by Gasteiger charge is 2.45. The van der Waals surface area contributed by atoms with Crippen LogP contribution in [0.15, 0.2) is 5.10 Å². The summed E-state index contributed by atoms with van der Waals surface area (Å²) in [5.41, 5.74) is 6.59. The molecule has 4 nitrogen and oxygen atoms in total. The molecule has 1 amide bonds. The van der Waals surface area contributed by atoms with E-state index in [0.717, 1.165) is 18.6 Å². The van der Waals surface area contributed by atoms with E-state index in [9.17, 15) is 4.79 Å². The molecule has 2 unspecified atom stereocenters. The number of carbonyl (C=O) groups excluding carboxylic acids is 1. The zero-order chi connectivity index (χ0) is 14.2. The van der Waals surface area contributed by atoms with Gasteiger partial charge in [0.1, 0.15) is 0 Å². The highest BCUT2D eigenvalue weighted by molar-refractivity contribution is 6.10. The zero-order valence-corrected chi connectivity index (χ0v) is 12.6. The number of hydrogen-bond donors (Lipinski definition) is 1. The lowest BCUT2D eigenvalue weighted by molar-refractivity contribution is -0.134. The quantitative estimate of drug-likeness (QED) is 0.829. The van der Waals surface area contributed by atoms with E-state index in [4.69, 9.17) is 10.8 Å². The van der Waals surface area contributed by atoms with Gasteiger partial charge in [-0.05, 0) is 45.1 Å². The van der Waals surface area contributed by atoms with Crippen LogP contribution in [0.4, 0.5) is 0 Å². The van der Waals surface area contributed by atoms with Crippen LogP contribution in [0.3, 0.4) is 0 Å². The molecule has 2 N–H and O–H groups in total. The Labute approximate surface area is 116 Å². The maximum absolute atomic E-state index is 12.6. The summed E-state index contributed by atoms with van der Waals surface area (Å²) in [6.07, 6.45) is 4.19. The van der Waals surface area contributed by atoms with Gasteiger partial charge in [0.25, 0.3) is 5.91 Å². The smallest absolute Gasteiger partial charge is 0.251 e. The second-order valence-corrected chi connectivity index (χ2v) is 6.98. The van der Waals surface area contributed by atoms with Crippen molar-refractivity contribution in [2.75, 3.05) is 6.54 Å². The fourth-order valence-corrected chi connectivity index (χ4v) is 2.84. The maximum Gasteiger partial charge on any atom is 0.251 e. The van der Waals surface area contributed by atoms with Crippen molar-refractivity contribution in [3.8, 4) is 0 Å². The van der Waals surface area contributed by atoms with Crippen LogP contribution in [-0.2, 0) is 4.79 Å². The van der Waals surface area contributed by atoms with Gasteiger partial charge >= 0.3 is 0 Å². The van der Waals surface area contributed by atoms with E-state index in [-0.39, 0.29) is 23.3 Å². The highest BCUT2D eigenvalue weighted by atomic mass is 16.2. The number of rotatable bonds is 5. The van der Waals surface area contributed by atoms with Crippen molar-refractivity contribution >= 4 is 11.6 Å². The minimum absolute atomic E-state index is 0.0487. The molecule has 1 heterocycles. The topological polar surface area (TPSA) is 58.7 Å². The fraction of sp³-hybridized carbons (Fsp3) is 0.867. The van der Waals surface area contributed by atoms with E-state index in [1.807, 2.05) is 0 Å². The number of nitrogens with zero attached hydrogens (tertiary/aromatic N) is 2. The van der Waals surface area contributed by atoms with Crippen molar-refractivity contribution in [3.63, 3.8) is 0 Å². The monoisotopic (exact) mass is 265 g/mol. The van der Waals surface area contributed by atoms with Crippen molar-refractivity contribution in [3.05, 3.63) is 0 Å². The van der Waals surface area contributed by atoms with Crippen LogP contribution in [0.5, 0.6) is 0 Å². The molecule has 0 spiro atoms. The Morgan fingerprint density at radius 2 is 2.05 bits per heavy atom. The number of hydrogen-bond acceptors (Lipinski definition) is 3. The van der Waals surface area contributed by atoms with E-state index in [2.05, 4.69) is 27.7 Å². The summed E-state index contributed by atoms with van der Waals surface area (Å²) in [6.45, 7) is 9.18. The van der Waals surface area contributed by atoms with Crippen molar-refractivity contribution in [2.24, 2.45) is 28.1 Å². The molecule has 1 aliphatic carbocycles. The highest BCUT2D eigenvalue weighted by Crippen LogP contribution is 2.39. The minimum Gasteiger partial charge on any atom is -0.330 e. The number of nitrogens with two attached hydrogens (primary N) is 1. The first kappa shape index (κ1) is 14.5. The van der Waals surface area contributed by atoms with Crippen LogP contribution >= 0.6 is 0 Å². The lowest BCUT2D eigenvalue weighted by atomic mass is 9.80. The number of hydrazone groups is 1. The summed E-state index contributed by atoms with van der Waals surface area (Å²) in [5.74, 6) is 0.796. The second kappa shape index (κ2) is 5.23. The molecular weight excluding hydrogens is 238 g/mol. The van der Waals surface area contributed by atoms with Gasteiger partial charge in [0.2, 0.25) is 0 Å². The van der Waals surface area contributed by atoms with Crippen LogP contribution in [0.25, 0.3) is 0 Å². The predicted molar refractivity (Wildman–Crippen MR) is 77.7 cm³/mol. The maximum atomic E-state index is 12.6. The standard InChI is InChI=1S/C15H27N3O/c1-10(11-7-8-11)18-14(19)12(6-5-9-16)13(17-18)15(2,3)4/h10-12H,5-9,16H2,1-4H3. The van der Waals surface area contributed by atoms with Crippen LogP contribution in [0.1, 0.15) is 53.4 Å². The zero-order valence-electron chi connectivity index (χ0n) is 12.6. The Balaban J connectivity index is 2.18. The molecule has 2 atom stereocenters. The SMILES string of the molecule is CC(C1CC1)N1N=C(C(C)(C)C)C(CCCN)C1=O. The van der Waals surface area contributed by atoms with Gasteiger partial charge in [-0.15, -0.1) is 0 Å². The first-order chi connectivity index (χ1) is 8.86. The third-order valence-electron chi connectivity index (χ3n) is 4.22. The van der Waals surface area contributed by atoms with Crippen molar-refractivity contribution in [1.29, 1.82) is 0 Å². The molecule has 0 bridgehead atoms.